The molecule has 1 unspecified atom stereocenters. The van der Waals surface area contributed by atoms with Gasteiger partial charge in [-0.15, -0.1) is 0 Å². The quantitative estimate of drug-likeness (QED) is 0.833. The highest BCUT2D eigenvalue weighted by atomic mass is 16.1. The fraction of sp³-hybridized carbons (Fsp3) is 0.682. The van der Waals surface area contributed by atoms with Gasteiger partial charge < -0.3 is 15.1 Å². The van der Waals surface area contributed by atoms with Gasteiger partial charge in [-0.05, 0) is 51.8 Å². The van der Waals surface area contributed by atoms with Crippen molar-refractivity contribution in [2.75, 3.05) is 50.7 Å². The lowest BCUT2D eigenvalue weighted by Gasteiger charge is -2.44. The van der Waals surface area contributed by atoms with Crippen LogP contribution in [0.4, 0.5) is 5.69 Å². The molecule has 2 heterocycles. The highest BCUT2D eigenvalue weighted by molar-refractivity contribution is 5.76. The average molecular weight is 373 g/mol. The van der Waals surface area contributed by atoms with Crippen LogP contribution in [0.3, 0.4) is 0 Å². The van der Waals surface area contributed by atoms with Gasteiger partial charge in [-0.3, -0.25) is 9.69 Å². The minimum atomic E-state index is 0.180. The molecule has 1 atom stereocenters. The number of aryl methyl sites for hydroxylation is 1. The monoisotopic (exact) mass is 372 g/mol. The van der Waals surface area contributed by atoms with E-state index in [1.807, 2.05) is 13.8 Å². The van der Waals surface area contributed by atoms with Crippen LogP contribution in [-0.4, -0.2) is 73.6 Å². The molecule has 1 N–H and O–H groups in total. The Kier molecular flexibility index (Phi) is 7.13. The number of piperidine rings is 1. The number of hydrogen-bond donors (Lipinski definition) is 1. The molecule has 0 radical (unpaired) electrons. The predicted molar refractivity (Wildman–Crippen MR) is 112 cm³/mol. The van der Waals surface area contributed by atoms with Crippen LogP contribution >= 0.6 is 0 Å². The van der Waals surface area contributed by atoms with E-state index in [0.29, 0.717) is 12.5 Å². The average Bonchev–Trinajstić information content (AvgIpc) is 2.67. The lowest BCUT2D eigenvalue weighted by Crippen LogP contribution is -2.55. The molecule has 0 saturated carbocycles. The Morgan fingerprint density at radius 1 is 1.15 bits per heavy atom. The van der Waals surface area contributed by atoms with Gasteiger partial charge in [-0.25, -0.2) is 0 Å². The zero-order chi connectivity index (χ0) is 19.2. The lowest BCUT2D eigenvalue weighted by atomic mass is 10.0. The molecule has 2 fully saturated rings. The van der Waals surface area contributed by atoms with Gasteiger partial charge in [0.1, 0.15) is 0 Å². The van der Waals surface area contributed by atoms with Crippen LogP contribution in [0.15, 0.2) is 24.3 Å². The van der Waals surface area contributed by atoms with Crippen LogP contribution in [0.5, 0.6) is 0 Å². The van der Waals surface area contributed by atoms with Crippen molar-refractivity contribution in [2.45, 2.75) is 52.1 Å². The highest BCUT2D eigenvalue weighted by Crippen LogP contribution is 2.23. The maximum Gasteiger partial charge on any atom is 0.221 e. The molecule has 2 saturated heterocycles. The van der Waals surface area contributed by atoms with Crippen molar-refractivity contribution < 1.29 is 4.79 Å². The van der Waals surface area contributed by atoms with Crippen molar-refractivity contribution in [3.05, 3.63) is 29.8 Å². The molecule has 1 aromatic rings. The van der Waals surface area contributed by atoms with E-state index in [1.165, 1.54) is 24.1 Å². The van der Waals surface area contributed by atoms with Gasteiger partial charge in [-0.2, -0.15) is 0 Å². The Bertz CT molecular complexity index is 610. The Hall–Kier alpha value is -1.59. The van der Waals surface area contributed by atoms with Crippen LogP contribution in [-0.2, 0) is 4.79 Å². The smallest absolute Gasteiger partial charge is 0.221 e. The SMILES string of the molecule is Cc1ccccc1N1CCN(C2CCCN(CCC(=O)NC(C)C)C2)CC1. The van der Waals surface area contributed by atoms with E-state index in [9.17, 15) is 4.79 Å². The number of piperazine rings is 1. The number of rotatable bonds is 6. The zero-order valence-electron chi connectivity index (χ0n) is 17.3. The summed E-state index contributed by atoms with van der Waals surface area (Å²) in [5.74, 6) is 0.180. The third-order valence-corrected chi connectivity index (χ3v) is 5.87. The van der Waals surface area contributed by atoms with Gasteiger partial charge in [0.2, 0.25) is 5.91 Å². The molecule has 0 spiro atoms. The van der Waals surface area contributed by atoms with Gasteiger partial charge in [0.25, 0.3) is 0 Å². The standard InChI is InChI=1S/C22H36N4O/c1-18(2)23-22(27)10-12-24-11-6-8-20(17-24)25-13-15-26(16-14-25)21-9-5-4-7-19(21)3/h4-5,7,9,18,20H,6,8,10-17H2,1-3H3,(H,23,27). The summed E-state index contributed by atoms with van der Waals surface area (Å²) in [5.41, 5.74) is 2.76. The van der Waals surface area contributed by atoms with E-state index in [4.69, 9.17) is 0 Å². The van der Waals surface area contributed by atoms with Crippen molar-refractivity contribution in [1.82, 2.24) is 15.1 Å². The predicted octanol–water partition coefficient (Wildman–Crippen LogP) is 2.50. The van der Waals surface area contributed by atoms with E-state index in [0.717, 1.165) is 45.8 Å². The summed E-state index contributed by atoms with van der Waals surface area (Å²) in [6, 6.07) is 9.59. The number of hydrogen-bond acceptors (Lipinski definition) is 4. The Balaban J connectivity index is 1.45. The van der Waals surface area contributed by atoms with Crippen molar-refractivity contribution in [3.8, 4) is 0 Å². The summed E-state index contributed by atoms with van der Waals surface area (Å²) >= 11 is 0. The molecule has 3 rings (SSSR count). The van der Waals surface area contributed by atoms with Crippen LogP contribution in [0.25, 0.3) is 0 Å². The molecular weight excluding hydrogens is 336 g/mol. The first kappa shape index (κ1) is 20.2. The largest absolute Gasteiger partial charge is 0.369 e. The molecule has 2 aliphatic rings. The Morgan fingerprint density at radius 3 is 2.59 bits per heavy atom. The third-order valence-electron chi connectivity index (χ3n) is 5.87. The minimum Gasteiger partial charge on any atom is -0.369 e. The fourth-order valence-corrected chi connectivity index (χ4v) is 4.43. The number of carbonyl (C=O) groups excluding carboxylic acids is 1. The number of para-hydroxylation sites is 1. The molecule has 1 aromatic carbocycles. The van der Waals surface area contributed by atoms with Gasteiger partial charge in [0, 0.05) is 63.5 Å². The summed E-state index contributed by atoms with van der Waals surface area (Å²) in [6.45, 7) is 13.9. The molecule has 1 amide bonds. The summed E-state index contributed by atoms with van der Waals surface area (Å²) in [7, 11) is 0. The Morgan fingerprint density at radius 2 is 1.89 bits per heavy atom. The highest BCUT2D eigenvalue weighted by Gasteiger charge is 2.28. The maximum absolute atomic E-state index is 11.9. The molecule has 0 bridgehead atoms. The number of anilines is 1. The van der Waals surface area contributed by atoms with Gasteiger partial charge in [0.05, 0.1) is 0 Å². The first-order chi connectivity index (χ1) is 13.0. The van der Waals surface area contributed by atoms with Crippen LogP contribution in [0.2, 0.25) is 0 Å². The molecule has 5 heteroatoms. The van der Waals surface area contributed by atoms with Crippen molar-refractivity contribution in [1.29, 1.82) is 0 Å². The van der Waals surface area contributed by atoms with Crippen molar-refractivity contribution in [2.24, 2.45) is 0 Å². The number of amides is 1. The van der Waals surface area contributed by atoms with Crippen LogP contribution in [0, 0.1) is 6.92 Å². The van der Waals surface area contributed by atoms with E-state index in [1.54, 1.807) is 0 Å². The topological polar surface area (TPSA) is 38.8 Å². The first-order valence-corrected chi connectivity index (χ1v) is 10.6. The van der Waals surface area contributed by atoms with Crippen molar-refractivity contribution in [3.63, 3.8) is 0 Å². The summed E-state index contributed by atoms with van der Waals surface area (Å²) < 4.78 is 0. The molecular formula is C22H36N4O. The normalized spacial score (nSPS) is 22.2. The lowest BCUT2D eigenvalue weighted by molar-refractivity contribution is -0.122. The van der Waals surface area contributed by atoms with E-state index in [2.05, 4.69) is 51.2 Å². The Labute approximate surface area is 164 Å². The summed E-state index contributed by atoms with van der Waals surface area (Å²) in [5, 5.41) is 3.00. The van der Waals surface area contributed by atoms with E-state index in [-0.39, 0.29) is 11.9 Å². The minimum absolute atomic E-state index is 0.180. The van der Waals surface area contributed by atoms with Crippen LogP contribution < -0.4 is 10.2 Å². The zero-order valence-corrected chi connectivity index (χ0v) is 17.3. The number of likely N-dealkylation sites (tertiary alicyclic amines) is 1. The van der Waals surface area contributed by atoms with E-state index >= 15 is 0 Å². The molecule has 0 aromatic heterocycles. The van der Waals surface area contributed by atoms with E-state index < -0.39 is 0 Å². The maximum atomic E-state index is 11.9. The second-order valence-electron chi connectivity index (χ2n) is 8.38. The number of nitrogens with one attached hydrogen (secondary N) is 1. The van der Waals surface area contributed by atoms with Crippen molar-refractivity contribution >= 4 is 11.6 Å². The molecule has 150 valence electrons. The first-order valence-electron chi connectivity index (χ1n) is 10.6. The van der Waals surface area contributed by atoms with Crippen LogP contribution in [0.1, 0.15) is 38.7 Å². The number of nitrogens with zero attached hydrogens (tertiary/aromatic N) is 3. The molecule has 27 heavy (non-hydrogen) atoms. The molecule has 5 nitrogen and oxygen atoms in total. The second kappa shape index (κ2) is 9.56. The second-order valence-corrected chi connectivity index (χ2v) is 8.38. The van der Waals surface area contributed by atoms with Gasteiger partial charge in [0.15, 0.2) is 0 Å². The molecule has 2 aliphatic heterocycles. The van der Waals surface area contributed by atoms with Gasteiger partial charge in [-0.1, -0.05) is 18.2 Å². The van der Waals surface area contributed by atoms with Gasteiger partial charge >= 0.3 is 0 Å². The summed E-state index contributed by atoms with van der Waals surface area (Å²) in [6.07, 6.45) is 3.15. The third kappa shape index (κ3) is 5.69. The fourth-order valence-electron chi connectivity index (χ4n) is 4.43. The number of carbonyl (C=O) groups is 1. The number of benzene rings is 1. The summed E-state index contributed by atoms with van der Waals surface area (Å²) in [4.78, 5) is 19.6. The molecule has 0 aliphatic carbocycles.